The van der Waals surface area contributed by atoms with Gasteiger partial charge in [0, 0.05) is 0 Å². The largest absolute Gasteiger partial charge is 0.290 e. The molecule has 0 bridgehead atoms. The molecule has 0 atom stereocenters. The van der Waals surface area contributed by atoms with Crippen molar-refractivity contribution >= 4 is 5.78 Å². The van der Waals surface area contributed by atoms with Gasteiger partial charge in [-0.05, 0) is 38.3 Å². The van der Waals surface area contributed by atoms with E-state index in [4.69, 9.17) is 0 Å². The van der Waals surface area contributed by atoms with Gasteiger partial charge in [-0.2, -0.15) is 0 Å². The van der Waals surface area contributed by atoms with Crippen LogP contribution in [0.2, 0.25) is 0 Å². The van der Waals surface area contributed by atoms with Gasteiger partial charge in [0.05, 0.1) is 0 Å². The predicted octanol–water partition coefficient (Wildman–Crippen LogP) is 3.12. The number of ketones is 1. The molecule has 0 heterocycles. The molecule has 0 aliphatic carbocycles. The smallest absolute Gasteiger partial charge is 0.181 e. The second kappa shape index (κ2) is 4.91. The summed E-state index contributed by atoms with van der Waals surface area (Å²) in [6.45, 7) is 9.96. The van der Waals surface area contributed by atoms with Gasteiger partial charge in [-0.15, -0.1) is 0 Å². The maximum Gasteiger partial charge on any atom is 0.181 e. The Bertz CT molecular complexity index is 219. The van der Waals surface area contributed by atoms with Gasteiger partial charge in [-0.1, -0.05) is 25.5 Å². The Morgan fingerprint density at radius 1 is 1.25 bits per heavy atom. The van der Waals surface area contributed by atoms with E-state index in [9.17, 15) is 4.79 Å². The molecule has 1 heteroatoms. The van der Waals surface area contributed by atoms with E-state index in [1.54, 1.807) is 12.2 Å². The van der Waals surface area contributed by atoms with Gasteiger partial charge in [0.1, 0.15) is 0 Å². The number of allylic oxidation sites excluding steroid dienone is 4. The van der Waals surface area contributed by atoms with Crippen molar-refractivity contribution in [2.75, 3.05) is 0 Å². The monoisotopic (exact) mass is 166 g/mol. The minimum Gasteiger partial charge on any atom is -0.290 e. The Kier molecular flexibility index (Phi) is 4.57. The van der Waals surface area contributed by atoms with Gasteiger partial charge in [0.25, 0.3) is 0 Å². The van der Waals surface area contributed by atoms with Gasteiger partial charge in [-0.25, -0.2) is 0 Å². The maximum atomic E-state index is 11.3. The molecule has 0 amide bonds. The molecule has 68 valence electrons. The highest BCUT2D eigenvalue weighted by Gasteiger charge is 2.06. The topological polar surface area (TPSA) is 17.1 Å². The zero-order valence-corrected chi connectivity index (χ0v) is 8.64. The minimum absolute atomic E-state index is 0.128. The standard InChI is InChI=1S/C11H18O/c1-6-7-11(12)10(5)9(4)8(2)3/h6-8H,1-5H3/b7-6+,10-9-. The van der Waals surface area contributed by atoms with Crippen LogP contribution in [0.4, 0.5) is 0 Å². The first-order valence-electron chi connectivity index (χ1n) is 4.35. The Morgan fingerprint density at radius 3 is 2.08 bits per heavy atom. The Balaban J connectivity index is 4.66. The second-order valence-corrected chi connectivity index (χ2v) is 3.33. The fourth-order valence-electron chi connectivity index (χ4n) is 0.904. The molecule has 12 heavy (non-hydrogen) atoms. The number of hydrogen-bond donors (Lipinski definition) is 0. The lowest BCUT2D eigenvalue weighted by Gasteiger charge is -2.08. The molecule has 0 aromatic heterocycles. The third-order valence-corrected chi connectivity index (χ3v) is 2.15. The van der Waals surface area contributed by atoms with E-state index in [2.05, 4.69) is 13.8 Å². The van der Waals surface area contributed by atoms with Crippen LogP contribution in [0.3, 0.4) is 0 Å². The molecule has 0 aliphatic heterocycles. The Labute approximate surface area is 75.2 Å². The number of rotatable bonds is 3. The first-order valence-corrected chi connectivity index (χ1v) is 4.35. The molecule has 1 nitrogen and oxygen atoms in total. The molecule has 0 spiro atoms. The van der Waals surface area contributed by atoms with Crippen LogP contribution < -0.4 is 0 Å². The molecule has 0 unspecified atom stereocenters. The predicted molar refractivity (Wildman–Crippen MR) is 53.0 cm³/mol. The van der Waals surface area contributed by atoms with Crippen LogP contribution in [-0.2, 0) is 4.79 Å². The summed E-state index contributed by atoms with van der Waals surface area (Å²) in [5.74, 6) is 0.586. The lowest BCUT2D eigenvalue weighted by molar-refractivity contribution is -0.111. The highest BCUT2D eigenvalue weighted by Crippen LogP contribution is 2.14. The van der Waals surface area contributed by atoms with Crippen molar-refractivity contribution in [3.8, 4) is 0 Å². The average Bonchev–Trinajstić information content (AvgIpc) is 2.02. The molecule has 0 fully saturated rings. The fraction of sp³-hybridized carbons (Fsp3) is 0.545. The summed E-state index contributed by atoms with van der Waals surface area (Å²) in [4.78, 5) is 11.3. The molecule has 0 aromatic rings. The summed E-state index contributed by atoms with van der Waals surface area (Å²) in [5, 5.41) is 0. The first-order chi connectivity index (χ1) is 5.50. The average molecular weight is 166 g/mol. The van der Waals surface area contributed by atoms with Gasteiger partial charge < -0.3 is 0 Å². The lowest BCUT2D eigenvalue weighted by Crippen LogP contribution is -2.01. The van der Waals surface area contributed by atoms with E-state index in [1.165, 1.54) is 5.57 Å². The number of carbonyl (C=O) groups excluding carboxylic acids is 1. The molecule has 0 saturated heterocycles. The number of hydrogen-bond acceptors (Lipinski definition) is 1. The van der Waals surface area contributed by atoms with Crippen molar-refractivity contribution in [2.45, 2.75) is 34.6 Å². The third-order valence-electron chi connectivity index (χ3n) is 2.15. The van der Waals surface area contributed by atoms with Crippen LogP contribution in [0.15, 0.2) is 23.3 Å². The third kappa shape index (κ3) is 3.04. The molecule has 0 radical (unpaired) electrons. The van der Waals surface area contributed by atoms with Gasteiger partial charge in [-0.3, -0.25) is 4.79 Å². The van der Waals surface area contributed by atoms with Crippen molar-refractivity contribution in [1.29, 1.82) is 0 Å². The van der Waals surface area contributed by atoms with Crippen molar-refractivity contribution < 1.29 is 4.79 Å². The highest BCUT2D eigenvalue weighted by atomic mass is 16.1. The van der Waals surface area contributed by atoms with E-state index < -0.39 is 0 Å². The first kappa shape index (κ1) is 11.2. The van der Waals surface area contributed by atoms with Crippen molar-refractivity contribution in [1.82, 2.24) is 0 Å². The summed E-state index contributed by atoms with van der Waals surface area (Å²) >= 11 is 0. The van der Waals surface area contributed by atoms with Crippen LogP contribution in [-0.4, -0.2) is 5.78 Å². The number of carbonyl (C=O) groups is 1. The van der Waals surface area contributed by atoms with Crippen molar-refractivity contribution in [3.05, 3.63) is 23.3 Å². The summed E-state index contributed by atoms with van der Waals surface area (Å²) in [7, 11) is 0. The van der Waals surface area contributed by atoms with E-state index in [0.29, 0.717) is 5.92 Å². The fourth-order valence-corrected chi connectivity index (χ4v) is 0.904. The zero-order valence-electron chi connectivity index (χ0n) is 8.64. The zero-order chi connectivity index (χ0) is 9.72. The maximum absolute atomic E-state index is 11.3. The van der Waals surface area contributed by atoms with E-state index in [-0.39, 0.29) is 5.78 Å². The Morgan fingerprint density at radius 2 is 1.75 bits per heavy atom. The Hall–Kier alpha value is -0.850. The van der Waals surface area contributed by atoms with Crippen molar-refractivity contribution in [2.24, 2.45) is 5.92 Å². The quantitative estimate of drug-likeness (QED) is 0.589. The van der Waals surface area contributed by atoms with Crippen LogP contribution in [0.25, 0.3) is 0 Å². The molecule has 0 aromatic carbocycles. The van der Waals surface area contributed by atoms with Crippen LogP contribution in [0.5, 0.6) is 0 Å². The molecular formula is C11H18O. The summed E-state index contributed by atoms with van der Waals surface area (Å²) in [5.41, 5.74) is 2.06. The second-order valence-electron chi connectivity index (χ2n) is 3.33. The van der Waals surface area contributed by atoms with Gasteiger partial charge >= 0.3 is 0 Å². The normalized spacial score (nSPS) is 13.8. The van der Waals surface area contributed by atoms with Crippen LogP contribution >= 0.6 is 0 Å². The van der Waals surface area contributed by atoms with E-state index in [0.717, 1.165) is 5.57 Å². The lowest BCUT2D eigenvalue weighted by atomic mass is 9.97. The summed E-state index contributed by atoms with van der Waals surface area (Å²) in [6, 6.07) is 0. The van der Waals surface area contributed by atoms with E-state index >= 15 is 0 Å². The molecule has 0 aliphatic rings. The summed E-state index contributed by atoms with van der Waals surface area (Å²) < 4.78 is 0. The van der Waals surface area contributed by atoms with Crippen LogP contribution in [0.1, 0.15) is 34.6 Å². The minimum atomic E-state index is 0.128. The SMILES string of the molecule is C/C=C/C(=O)/C(C)=C(/C)C(C)C. The molecular weight excluding hydrogens is 148 g/mol. The molecule has 0 saturated carbocycles. The van der Waals surface area contributed by atoms with E-state index in [1.807, 2.05) is 20.8 Å². The van der Waals surface area contributed by atoms with Gasteiger partial charge in [0.15, 0.2) is 5.78 Å². The highest BCUT2D eigenvalue weighted by molar-refractivity contribution is 6.03. The summed E-state index contributed by atoms with van der Waals surface area (Å²) in [6.07, 6.45) is 3.39. The molecule has 0 rings (SSSR count). The van der Waals surface area contributed by atoms with Crippen molar-refractivity contribution in [3.63, 3.8) is 0 Å². The van der Waals surface area contributed by atoms with Gasteiger partial charge in [0.2, 0.25) is 0 Å². The van der Waals surface area contributed by atoms with Crippen LogP contribution in [0, 0.1) is 5.92 Å². The molecule has 0 N–H and O–H groups in total.